The smallest absolute Gasteiger partial charge is 0.224 e. The average Bonchev–Trinajstić information content (AvgIpc) is 2.79. The summed E-state index contributed by atoms with van der Waals surface area (Å²) in [4.78, 5) is 26.0. The second-order valence-electron chi connectivity index (χ2n) is 5.28. The van der Waals surface area contributed by atoms with Gasteiger partial charge in [-0.15, -0.1) is 11.3 Å². The van der Waals surface area contributed by atoms with Crippen LogP contribution in [-0.4, -0.2) is 11.7 Å². The van der Waals surface area contributed by atoms with Gasteiger partial charge < -0.3 is 5.32 Å². The Morgan fingerprint density at radius 1 is 1.14 bits per heavy atom. The molecule has 0 aliphatic heterocycles. The highest BCUT2D eigenvalue weighted by atomic mass is 32.1. The van der Waals surface area contributed by atoms with Crippen molar-refractivity contribution in [2.45, 2.75) is 33.6 Å². The highest BCUT2D eigenvalue weighted by Crippen LogP contribution is 2.22. The highest BCUT2D eigenvalue weighted by molar-refractivity contribution is 7.12. The maximum atomic E-state index is 13.6. The van der Waals surface area contributed by atoms with Gasteiger partial charge in [-0.2, -0.15) is 0 Å². The highest BCUT2D eigenvalue weighted by Gasteiger charge is 2.14. The number of thiophene rings is 1. The van der Waals surface area contributed by atoms with Gasteiger partial charge in [0.1, 0.15) is 5.82 Å². The van der Waals surface area contributed by atoms with Gasteiger partial charge in [0.05, 0.1) is 5.69 Å². The minimum Gasteiger partial charge on any atom is -0.324 e. The number of Topliss-reactive ketones (excluding diaryl/α,β-unsaturated/α-hetero) is 1. The molecule has 0 atom stereocenters. The van der Waals surface area contributed by atoms with E-state index in [1.807, 2.05) is 26.8 Å². The molecule has 2 aromatic rings. The number of ketones is 1. The first-order valence-electron chi connectivity index (χ1n) is 7.03. The van der Waals surface area contributed by atoms with Crippen LogP contribution in [-0.2, 0) is 4.79 Å². The van der Waals surface area contributed by atoms with Crippen LogP contribution < -0.4 is 5.32 Å². The summed E-state index contributed by atoms with van der Waals surface area (Å²) < 4.78 is 13.6. The number of rotatable bonds is 5. The molecule has 3 nitrogen and oxygen atoms in total. The molecule has 0 fully saturated rings. The second-order valence-corrected chi connectivity index (χ2v) is 6.74. The Balaban J connectivity index is 1.94. The van der Waals surface area contributed by atoms with Crippen molar-refractivity contribution < 1.29 is 14.0 Å². The van der Waals surface area contributed by atoms with Crippen molar-refractivity contribution in [3.05, 3.63) is 51.0 Å². The lowest BCUT2D eigenvalue weighted by atomic mass is 10.1. The van der Waals surface area contributed by atoms with Gasteiger partial charge in [0, 0.05) is 28.2 Å². The Bertz CT molecular complexity index is 721. The molecule has 0 spiro atoms. The molecule has 0 radical (unpaired) electrons. The predicted octanol–water partition coefficient (Wildman–Crippen LogP) is 4.41. The summed E-state index contributed by atoms with van der Waals surface area (Å²) in [6.45, 7) is 5.66. The van der Waals surface area contributed by atoms with E-state index in [2.05, 4.69) is 5.32 Å². The standard InChI is InChI=1S/C17H18FNO2S/c1-10-4-5-14(18)15(8-10)19-17(21)7-6-16(20)13-9-11(2)22-12(13)3/h4-5,8-9H,6-7H2,1-3H3,(H,19,21). The van der Waals surface area contributed by atoms with Crippen LogP contribution in [0, 0.1) is 26.6 Å². The quantitative estimate of drug-likeness (QED) is 0.830. The Hall–Kier alpha value is -2.01. The van der Waals surface area contributed by atoms with E-state index in [9.17, 15) is 14.0 Å². The summed E-state index contributed by atoms with van der Waals surface area (Å²) in [5, 5.41) is 2.51. The zero-order chi connectivity index (χ0) is 16.3. The summed E-state index contributed by atoms with van der Waals surface area (Å²) in [6, 6.07) is 6.37. The van der Waals surface area contributed by atoms with Crippen LogP contribution in [0.25, 0.3) is 0 Å². The SMILES string of the molecule is Cc1ccc(F)c(NC(=O)CCC(=O)c2cc(C)sc2C)c1. The number of carbonyl (C=O) groups is 2. The summed E-state index contributed by atoms with van der Waals surface area (Å²) >= 11 is 1.57. The number of carbonyl (C=O) groups excluding carboxylic acids is 2. The number of nitrogens with one attached hydrogen (secondary N) is 1. The maximum Gasteiger partial charge on any atom is 0.224 e. The van der Waals surface area contributed by atoms with Crippen molar-refractivity contribution in [1.82, 2.24) is 0 Å². The van der Waals surface area contributed by atoms with Crippen LogP contribution in [0.15, 0.2) is 24.3 Å². The van der Waals surface area contributed by atoms with Gasteiger partial charge in [-0.1, -0.05) is 6.07 Å². The zero-order valence-electron chi connectivity index (χ0n) is 12.8. The fraction of sp³-hybridized carbons (Fsp3) is 0.294. The molecule has 0 bridgehead atoms. The summed E-state index contributed by atoms with van der Waals surface area (Å²) in [5.74, 6) is -0.890. The molecule has 5 heteroatoms. The molecule has 0 saturated heterocycles. The minimum absolute atomic E-state index is 0.0422. The number of benzene rings is 1. The predicted molar refractivity (Wildman–Crippen MR) is 87.1 cm³/mol. The molecule has 0 saturated carbocycles. The van der Waals surface area contributed by atoms with Gasteiger partial charge in [0.25, 0.3) is 0 Å². The normalized spacial score (nSPS) is 10.5. The third-order valence-electron chi connectivity index (χ3n) is 3.32. The van der Waals surface area contributed by atoms with E-state index in [1.54, 1.807) is 23.5 Å². The van der Waals surface area contributed by atoms with Gasteiger partial charge in [-0.3, -0.25) is 9.59 Å². The summed E-state index contributed by atoms with van der Waals surface area (Å²) in [7, 11) is 0. The van der Waals surface area contributed by atoms with E-state index in [0.717, 1.165) is 15.3 Å². The van der Waals surface area contributed by atoms with Crippen molar-refractivity contribution >= 4 is 28.7 Å². The lowest BCUT2D eigenvalue weighted by molar-refractivity contribution is -0.116. The third kappa shape index (κ3) is 4.01. The topological polar surface area (TPSA) is 46.2 Å². The number of anilines is 1. The van der Waals surface area contributed by atoms with Crippen molar-refractivity contribution in [1.29, 1.82) is 0 Å². The fourth-order valence-corrected chi connectivity index (χ4v) is 3.16. The molecule has 0 aliphatic carbocycles. The molecule has 1 heterocycles. The number of halogens is 1. The number of hydrogen-bond acceptors (Lipinski definition) is 3. The van der Waals surface area contributed by atoms with Crippen LogP contribution in [0.5, 0.6) is 0 Å². The molecular weight excluding hydrogens is 301 g/mol. The molecule has 22 heavy (non-hydrogen) atoms. The van der Waals surface area contributed by atoms with Gasteiger partial charge >= 0.3 is 0 Å². The van der Waals surface area contributed by atoms with Gasteiger partial charge in [0.2, 0.25) is 5.91 Å². The minimum atomic E-state index is -0.477. The van der Waals surface area contributed by atoms with E-state index in [-0.39, 0.29) is 30.2 Å². The van der Waals surface area contributed by atoms with Gasteiger partial charge in [-0.05, 0) is 44.5 Å². The van der Waals surface area contributed by atoms with Crippen molar-refractivity contribution in [3.8, 4) is 0 Å². The van der Waals surface area contributed by atoms with Crippen LogP contribution in [0.2, 0.25) is 0 Å². The van der Waals surface area contributed by atoms with Crippen molar-refractivity contribution in [2.75, 3.05) is 5.32 Å². The number of aryl methyl sites for hydroxylation is 3. The van der Waals surface area contributed by atoms with Crippen LogP contribution in [0.3, 0.4) is 0 Å². The molecule has 1 aromatic heterocycles. The molecule has 1 aromatic carbocycles. The Kier molecular flexibility index (Phi) is 5.08. The third-order valence-corrected chi connectivity index (χ3v) is 4.28. The van der Waals surface area contributed by atoms with Gasteiger partial charge in [0.15, 0.2) is 5.78 Å². The molecule has 0 aliphatic rings. The molecule has 1 N–H and O–H groups in total. The maximum absolute atomic E-state index is 13.6. The molecule has 1 amide bonds. The largest absolute Gasteiger partial charge is 0.324 e. The lowest BCUT2D eigenvalue weighted by Crippen LogP contribution is -2.14. The molecule has 116 valence electrons. The van der Waals surface area contributed by atoms with Gasteiger partial charge in [-0.25, -0.2) is 4.39 Å². The first-order chi connectivity index (χ1) is 10.4. The Labute approximate surface area is 133 Å². The fourth-order valence-electron chi connectivity index (χ4n) is 2.22. The lowest BCUT2D eigenvalue weighted by Gasteiger charge is -2.07. The number of hydrogen-bond donors (Lipinski definition) is 1. The van der Waals surface area contributed by atoms with E-state index in [4.69, 9.17) is 0 Å². The molecular formula is C17H18FNO2S. The Morgan fingerprint density at radius 2 is 1.86 bits per heavy atom. The van der Waals surface area contributed by atoms with E-state index in [0.29, 0.717) is 5.56 Å². The van der Waals surface area contributed by atoms with E-state index < -0.39 is 5.82 Å². The van der Waals surface area contributed by atoms with Crippen LogP contribution in [0.1, 0.15) is 38.5 Å². The first-order valence-corrected chi connectivity index (χ1v) is 7.84. The zero-order valence-corrected chi connectivity index (χ0v) is 13.6. The second kappa shape index (κ2) is 6.83. The summed E-state index contributed by atoms with van der Waals surface area (Å²) in [5.41, 5.74) is 1.69. The molecule has 2 rings (SSSR count). The average molecular weight is 319 g/mol. The monoisotopic (exact) mass is 319 g/mol. The van der Waals surface area contributed by atoms with Crippen LogP contribution >= 0.6 is 11.3 Å². The summed E-state index contributed by atoms with van der Waals surface area (Å²) in [6.07, 6.45) is 0.164. The van der Waals surface area contributed by atoms with Crippen molar-refractivity contribution in [3.63, 3.8) is 0 Å². The number of amides is 1. The Morgan fingerprint density at radius 3 is 2.50 bits per heavy atom. The van der Waals surface area contributed by atoms with E-state index >= 15 is 0 Å². The van der Waals surface area contributed by atoms with E-state index in [1.165, 1.54) is 6.07 Å². The first kappa shape index (κ1) is 16.4. The van der Waals surface area contributed by atoms with Crippen LogP contribution in [0.4, 0.5) is 10.1 Å². The molecule has 0 unspecified atom stereocenters. The van der Waals surface area contributed by atoms with Crippen molar-refractivity contribution in [2.24, 2.45) is 0 Å².